The van der Waals surface area contributed by atoms with E-state index in [1.165, 1.54) is 17.8 Å². The summed E-state index contributed by atoms with van der Waals surface area (Å²) in [5, 5.41) is 21.0. The Balaban J connectivity index is 1.31. The zero-order valence-electron chi connectivity index (χ0n) is 16.2. The average molecular weight is 436 g/mol. The number of aromatic nitrogens is 3. The van der Waals surface area contributed by atoms with Crippen LogP contribution >= 0.6 is 11.8 Å². The minimum atomic E-state index is -0.893. The molecule has 4 aromatic rings. The van der Waals surface area contributed by atoms with Gasteiger partial charge in [0.15, 0.2) is 0 Å². The van der Waals surface area contributed by atoms with E-state index in [-0.39, 0.29) is 12.5 Å². The van der Waals surface area contributed by atoms with Crippen LogP contribution in [-0.4, -0.2) is 26.3 Å². The van der Waals surface area contributed by atoms with Crippen molar-refractivity contribution in [1.29, 1.82) is 0 Å². The predicted octanol–water partition coefficient (Wildman–Crippen LogP) is 3.82. The molecule has 0 aliphatic heterocycles. The number of hydrogen-bond donors (Lipinski definition) is 2. The van der Waals surface area contributed by atoms with E-state index in [1.807, 2.05) is 6.07 Å². The third-order valence-corrected chi connectivity index (χ3v) is 6.22. The van der Waals surface area contributed by atoms with E-state index in [2.05, 4.69) is 20.6 Å². The molecule has 0 saturated heterocycles. The fourth-order valence-corrected chi connectivity index (χ4v) is 4.15. The van der Waals surface area contributed by atoms with Crippen LogP contribution in [0.25, 0.3) is 11.0 Å². The molecular formula is C22H17FN4O3S. The molecule has 0 atom stereocenters. The second-order valence-electron chi connectivity index (χ2n) is 7.39. The highest BCUT2D eigenvalue weighted by atomic mass is 32.2. The summed E-state index contributed by atoms with van der Waals surface area (Å²) in [5.41, 5.74) is 1.67. The van der Waals surface area contributed by atoms with Crippen molar-refractivity contribution >= 4 is 28.7 Å². The Kier molecular flexibility index (Phi) is 4.91. The predicted molar refractivity (Wildman–Crippen MR) is 111 cm³/mol. The Bertz CT molecular complexity index is 1290. The van der Waals surface area contributed by atoms with E-state index in [0.29, 0.717) is 45.6 Å². The van der Waals surface area contributed by atoms with Crippen LogP contribution in [0.2, 0.25) is 0 Å². The van der Waals surface area contributed by atoms with Crippen LogP contribution in [0, 0.1) is 5.82 Å². The molecule has 2 aromatic carbocycles. The smallest absolute Gasteiger partial charge is 0.254 e. The maximum absolute atomic E-state index is 14.4. The van der Waals surface area contributed by atoms with Gasteiger partial charge in [-0.25, -0.2) is 14.0 Å². The molecular weight excluding hydrogens is 419 g/mol. The standard InChI is InChI=1S/C22H17FN4O3S/c23-17-10-14(22(29)7-8-22)4-3-13(17)12-25-20(28)16-2-1-9-24-21(16)31-15-5-6-18-19(11-15)27-30-26-18/h1-6,9-11,29H,7-8,12H2,(H,25,28). The molecule has 0 radical (unpaired) electrons. The van der Waals surface area contributed by atoms with E-state index in [9.17, 15) is 14.3 Å². The molecule has 0 bridgehead atoms. The first-order valence-electron chi connectivity index (χ1n) is 9.66. The molecule has 1 aliphatic rings. The fourth-order valence-electron chi connectivity index (χ4n) is 3.24. The summed E-state index contributed by atoms with van der Waals surface area (Å²) in [6.45, 7) is 0.0267. The van der Waals surface area contributed by atoms with Gasteiger partial charge in [-0.15, -0.1) is 0 Å². The van der Waals surface area contributed by atoms with Gasteiger partial charge in [0.2, 0.25) is 0 Å². The second kappa shape index (κ2) is 7.75. The lowest BCUT2D eigenvalue weighted by molar-refractivity contribution is 0.0946. The van der Waals surface area contributed by atoms with Gasteiger partial charge in [0, 0.05) is 23.2 Å². The number of halogens is 1. The van der Waals surface area contributed by atoms with Gasteiger partial charge in [0.1, 0.15) is 21.9 Å². The number of hydrogen-bond acceptors (Lipinski definition) is 7. The first kappa shape index (κ1) is 19.7. The number of nitrogens with zero attached hydrogens (tertiary/aromatic N) is 3. The highest BCUT2D eigenvalue weighted by Gasteiger charge is 2.42. The van der Waals surface area contributed by atoms with Crippen molar-refractivity contribution in [3.8, 4) is 0 Å². The van der Waals surface area contributed by atoms with Crippen molar-refractivity contribution < 1.29 is 18.9 Å². The molecule has 2 N–H and O–H groups in total. The third-order valence-electron chi connectivity index (χ3n) is 5.21. The number of benzene rings is 2. The van der Waals surface area contributed by atoms with E-state index in [0.717, 1.165) is 4.90 Å². The normalized spacial score (nSPS) is 14.5. The topological polar surface area (TPSA) is 101 Å². The van der Waals surface area contributed by atoms with Crippen molar-refractivity contribution in [2.75, 3.05) is 0 Å². The van der Waals surface area contributed by atoms with Gasteiger partial charge >= 0.3 is 0 Å². The zero-order chi connectivity index (χ0) is 21.4. The first-order valence-corrected chi connectivity index (χ1v) is 10.5. The summed E-state index contributed by atoms with van der Waals surface area (Å²) >= 11 is 1.31. The SMILES string of the molecule is O=C(NCc1ccc(C2(O)CC2)cc1F)c1cccnc1Sc1ccc2nonc2c1. The van der Waals surface area contributed by atoms with Crippen LogP contribution in [0.15, 0.2) is 69.3 Å². The van der Waals surface area contributed by atoms with Crippen LogP contribution < -0.4 is 5.32 Å². The zero-order valence-corrected chi connectivity index (χ0v) is 17.0. The van der Waals surface area contributed by atoms with Gasteiger partial charge in [-0.3, -0.25) is 4.79 Å². The molecule has 7 nitrogen and oxygen atoms in total. The van der Waals surface area contributed by atoms with E-state index >= 15 is 0 Å². The Hall–Kier alpha value is -3.30. The van der Waals surface area contributed by atoms with Crippen LogP contribution in [-0.2, 0) is 12.1 Å². The van der Waals surface area contributed by atoms with Crippen molar-refractivity contribution in [3.05, 3.63) is 77.2 Å². The quantitative estimate of drug-likeness (QED) is 0.474. The number of nitrogens with one attached hydrogen (secondary N) is 1. The molecule has 2 heterocycles. The molecule has 31 heavy (non-hydrogen) atoms. The van der Waals surface area contributed by atoms with Crippen molar-refractivity contribution in [3.63, 3.8) is 0 Å². The fraction of sp³-hybridized carbons (Fsp3) is 0.182. The number of carbonyl (C=O) groups is 1. The Morgan fingerprint density at radius 1 is 1.16 bits per heavy atom. The summed E-state index contributed by atoms with van der Waals surface area (Å²) in [5.74, 6) is -0.808. The monoisotopic (exact) mass is 436 g/mol. The average Bonchev–Trinajstić information content (AvgIpc) is 3.35. The van der Waals surface area contributed by atoms with Crippen LogP contribution in [0.4, 0.5) is 4.39 Å². The molecule has 1 fully saturated rings. The summed E-state index contributed by atoms with van der Waals surface area (Å²) in [6, 6.07) is 13.4. The Morgan fingerprint density at radius 2 is 2.00 bits per heavy atom. The van der Waals surface area contributed by atoms with Crippen LogP contribution in [0.5, 0.6) is 0 Å². The first-order chi connectivity index (χ1) is 15.0. The third kappa shape index (κ3) is 4.01. The molecule has 0 spiro atoms. The number of fused-ring (bicyclic) bond motifs is 1. The number of aliphatic hydroxyl groups is 1. The summed E-state index contributed by atoms with van der Waals surface area (Å²) in [7, 11) is 0. The maximum Gasteiger partial charge on any atom is 0.254 e. The van der Waals surface area contributed by atoms with Crippen molar-refractivity contribution in [2.24, 2.45) is 0 Å². The minimum absolute atomic E-state index is 0.0267. The van der Waals surface area contributed by atoms with Crippen molar-refractivity contribution in [2.45, 2.75) is 34.9 Å². The van der Waals surface area contributed by atoms with Gasteiger partial charge in [-0.2, -0.15) is 0 Å². The number of carbonyl (C=O) groups excluding carboxylic acids is 1. The van der Waals surface area contributed by atoms with Gasteiger partial charge in [-0.05, 0) is 65.1 Å². The lowest BCUT2D eigenvalue weighted by atomic mass is 10.0. The maximum atomic E-state index is 14.4. The highest BCUT2D eigenvalue weighted by Crippen LogP contribution is 2.45. The van der Waals surface area contributed by atoms with E-state index in [1.54, 1.807) is 42.6 Å². The number of pyridine rings is 1. The Labute approximate surface area is 180 Å². The molecule has 1 aliphatic carbocycles. The largest absolute Gasteiger partial charge is 0.385 e. The summed E-state index contributed by atoms with van der Waals surface area (Å²) in [6.07, 6.45) is 2.89. The van der Waals surface area contributed by atoms with Crippen molar-refractivity contribution in [1.82, 2.24) is 20.6 Å². The summed E-state index contributed by atoms with van der Waals surface area (Å²) < 4.78 is 19.1. The highest BCUT2D eigenvalue weighted by molar-refractivity contribution is 7.99. The summed E-state index contributed by atoms with van der Waals surface area (Å²) in [4.78, 5) is 17.9. The lowest BCUT2D eigenvalue weighted by Gasteiger charge is -2.12. The molecule has 156 valence electrons. The van der Waals surface area contributed by atoms with Crippen LogP contribution in [0.1, 0.15) is 34.3 Å². The van der Waals surface area contributed by atoms with Crippen LogP contribution in [0.3, 0.4) is 0 Å². The van der Waals surface area contributed by atoms with E-state index in [4.69, 9.17) is 4.63 Å². The number of amides is 1. The van der Waals surface area contributed by atoms with Gasteiger partial charge < -0.3 is 10.4 Å². The lowest BCUT2D eigenvalue weighted by Crippen LogP contribution is -2.24. The molecule has 9 heteroatoms. The number of rotatable bonds is 6. The molecule has 1 amide bonds. The molecule has 1 saturated carbocycles. The van der Waals surface area contributed by atoms with E-state index < -0.39 is 11.4 Å². The second-order valence-corrected chi connectivity index (χ2v) is 8.46. The van der Waals surface area contributed by atoms with Gasteiger partial charge in [0.05, 0.1) is 11.2 Å². The Morgan fingerprint density at radius 3 is 2.81 bits per heavy atom. The molecule has 5 rings (SSSR count). The van der Waals surface area contributed by atoms with Gasteiger partial charge in [0.25, 0.3) is 5.91 Å². The molecule has 2 aromatic heterocycles. The molecule has 0 unspecified atom stereocenters. The minimum Gasteiger partial charge on any atom is -0.385 e. The van der Waals surface area contributed by atoms with Gasteiger partial charge in [-0.1, -0.05) is 23.9 Å².